The van der Waals surface area contributed by atoms with Crippen molar-refractivity contribution in [3.05, 3.63) is 24.4 Å². The van der Waals surface area contributed by atoms with Gasteiger partial charge in [-0.15, -0.1) is 0 Å². The first-order valence-corrected chi connectivity index (χ1v) is 5.16. The lowest BCUT2D eigenvalue weighted by Gasteiger charge is -2.20. The number of amides is 1. The summed E-state index contributed by atoms with van der Waals surface area (Å²) in [5.41, 5.74) is -1.18. The fourth-order valence-corrected chi connectivity index (χ4v) is 1.86. The van der Waals surface area contributed by atoms with Crippen LogP contribution in [0.25, 0.3) is 0 Å². The van der Waals surface area contributed by atoms with E-state index in [1.165, 1.54) is 0 Å². The predicted molar refractivity (Wildman–Crippen MR) is 56.3 cm³/mol. The first-order valence-electron chi connectivity index (χ1n) is 5.16. The van der Waals surface area contributed by atoms with Crippen molar-refractivity contribution in [3.63, 3.8) is 0 Å². The van der Waals surface area contributed by atoms with Gasteiger partial charge < -0.3 is 10.4 Å². The molecule has 0 aliphatic heterocycles. The van der Waals surface area contributed by atoms with Gasteiger partial charge in [0.15, 0.2) is 0 Å². The van der Waals surface area contributed by atoms with Crippen LogP contribution in [0.15, 0.2) is 24.4 Å². The Bertz CT molecular complexity index is 345. The molecule has 0 unspecified atom stereocenters. The zero-order valence-electron chi connectivity index (χ0n) is 8.44. The van der Waals surface area contributed by atoms with Crippen molar-refractivity contribution >= 4 is 11.7 Å². The van der Waals surface area contributed by atoms with E-state index in [0.29, 0.717) is 18.7 Å². The van der Waals surface area contributed by atoms with Gasteiger partial charge in [0.1, 0.15) is 11.4 Å². The van der Waals surface area contributed by atoms with E-state index in [2.05, 4.69) is 10.3 Å². The van der Waals surface area contributed by atoms with E-state index in [1.54, 1.807) is 24.4 Å². The van der Waals surface area contributed by atoms with E-state index < -0.39 is 5.60 Å². The maximum absolute atomic E-state index is 11.7. The fourth-order valence-electron chi connectivity index (χ4n) is 1.86. The number of hydrogen-bond donors (Lipinski definition) is 2. The third-order valence-corrected chi connectivity index (χ3v) is 2.76. The van der Waals surface area contributed by atoms with E-state index in [4.69, 9.17) is 0 Å². The molecule has 0 spiro atoms. The van der Waals surface area contributed by atoms with E-state index in [0.717, 1.165) is 12.8 Å². The predicted octanol–water partition coefficient (Wildman–Crippen LogP) is 1.33. The lowest BCUT2D eigenvalue weighted by atomic mass is 10.0. The number of carbonyl (C=O) groups excluding carboxylic acids is 1. The average molecular weight is 206 g/mol. The molecule has 0 saturated heterocycles. The second-order valence-corrected chi connectivity index (χ2v) is 3.91. The number of aromatic nitrogens is 1. The average Bonchev–Trinajstić information content (AvgIpc) is 2.68. The number of anilines is 1. The lowest BCUT2D eigenvalue weighted by Crippen LogP contribution is -2.40. The van der Waals surface area contributed by atoms with E-state index in [1.807, 2.05) is 0 Å². The van der Waals surface area contributed by atoms with Crippen molar-refractivity contribution in [2.45, 2.75) is 31.3 Å². The first-order chi connectivity index (χ1) is 7.21. The molecule has 1 saturated carbocycles. The molecule has 0 bridgehead atoms. The topological polar surface area (TPSA) is 62.2 Å². The molecule has 4 nitrogen and oxygen atoms in total. The van der Waals surface area contributed by atoms with Crippen LogP contribution in [-0.4, -0.2) is 21.6 Å². The van der Waals surface area contributed by atoms with Gasteiger partial charge in [-0.2, -0.15) is 0 Å². The quantitative estimate of drug-likeness (QED) is 0.767. The lowest BCUT2D eigenvalue weighted by molar-refractivity contribution is -0.133. The van der Waals surface area contributed by atoms with Crippen molar-refractivity contribution in [2.75, 3.05) is 5.32 Å². The first kappa shape index (κ1) is 10.1. The SMILES string of the molecule is O=C(Nc1ccccn1)C1(O)CCCC1. The highest BCUT2D eigenvalue weighted by molar-refractivity contribution is 5.96. The summed E-state index contributed by atoms with van der Waals surface area (Å²) >= 11 is 0. The van der Waals surface area contributed by atoms with Crippen LogP contribution in [0.4, 0.5) is 5.82 Å². The molecule has 0 atom stereocenters. The van der Waals surface area contributed by atoms with Crippen LogP contribution < -0.4 is 5.32 Å². The summed E-state index contributed by atoms with van der Waals surface area (Å²) in [7, 11) is 0. The van der Waals surface area contributed by atoms with Gasteiger partial charge in [-0.1, -0.05) is 6.07 Å². The summed E-state index contributed by atoms with van der Waals surface area (Å²) in [5.74, 6) is 0.154. The van der Waals surface area contributed by atoms with Gasteiger partial charge >= 0.3 is 0 Å². The second-order valence-electron chi connectivity index (χ2n) is 3.91. The molecular formula is C11H14N2O2. The maximum atomic E-state index is 11.7. The van der Waals surface area contributed by atoms with E-state index in [-0.39, 0.29) is 5.91 Å². The molecule has 1 aliphatic carbocycles. The van der Waals surface area contributed by atoms with Crippen LogP contribution >= 0.6 is 0 Å². The van der Waals surface area contributed by atoms with Crippen LogP contribution in [0.3, 0.4) is 0 Å². The highest BCUT2D eigenvalue weighted by atomic mass is 16.3. The van der Waals surface area contributed by atoms with Crippen molar-refractivity contribution in [1.82, 2.24) is 4.98 Å². The van der Waals surface area contributed by atoms with Gasteiger partial charge in [0.25, 0.3) is 5.91 Å². The normalized spacial score (nSPS) is 18.7. The minimum Gasteiger partial charge on any atom is -0.380 e. The number of hydrogen-bond acceptors (Lipinski definition) is 3. The van der Waals surface area contributed by atoms with E-state index >= 15 is 0 Å². The van der Waals surface area contributed by atoms with Gasteiger partial charge in [0.05, 0.1) is 0 Å². The Kier molecular flexibility index (Phi) is 2.68. The Morgan fingerprint density at radius 2 is 2.13 bits per heavy atom. The number of aliphatic hydroxyl groups is 1. The van der Waals surface area contributed by atoms with Crippen LogP contribution in [0.2, 0.25) is 0 Å². The third kappa shape index (κ3) is 2.15. The highest BCUT2D eigenvalue weighted by Crippen LogP contribution is 2.30. The molecule has 1 fully saturated rings. The highest BCUT2D eigenvalue weighted by Gasteiger charge is 2.38. The molecule has 1 aromatic heterocycles. The largest absolute Gasteiger partial charge is 0.380 e. The number of pyridine rings is 1. The van der Waals surface area contributed by atoms with Crippen molar-refractivity contribution in [1.29, 1.82) is 0 Å². The van der Waals surface area contributed by atoms with Crippen LogP contribution in [0.1, 0.15) is 25.7 Å². The number of carbonyl (C=O) groups is 1. The molecular weight excluding hydrogens is 192 g/mol. The molecule has 80 valence electrons. The molecule has 0 radical (unpaired) electrons. The Morgan fingerprint density at radius 3 is 2.73 bits per heavy atom. The summed E-state index contributed by atoms with van der Waals surface area (Å²) in [6, 6.07) is 5.28. The minimum absolute atomic E-state index is 0.335. The van der Waals surface area contributed by atoms with Gasteiger partial charge in [0, 0.05) is 6.20 Å². The van der Waals surface area contributed by atoms with Gasteiger partial charge in [-0.25, -0.2) is 4.98 Å². The molecule has 1 amide bonds. The molecule has 2 rings (SSSR count). The third-order valence-electron chi connectivity index (χ3n) is 2.76. The van der Waals surface area contributed by atoms with Crippen molar-refractivity contribution in [2.24, 2.45) is 0 Å². The molecule has 1 heterocycles. The van der Waals surface area contributed by atoms with Gasteiger partial charge in [-0.3, -0.25) is 4.79 Å². The van der Waals surface area contributed by atoms with Crippen LogP contribution in [0.5, 0.6) is 0 Å². The molecule has 0 aromatic carbocycles. The summed E-state index contributed by atoms with van der Waals surface area (Å²) in [6.07, 6.45) is 4.52. The van der Waals surface area contributed by atoms with Crippen LogP contribution in [0, 0.1) is 0 Å². The molecule has 4 heteroatoms. The summed E-state index contributed by atoms with van der Waals surface area (Å²) in [5, 5.41) is 12.6. The van der Waals surface area contributed by atoms with E-state index in [9.17, 15) is 9.90 Å². The Morgan fingerprint density at radius 1 is 1.40 bits per heavy atom. The minimum atomic E-state index is -1.18. The molecule has 1 aromatic rings. The smallest absolute Gasteiger partial charge is 0.257 e. The second kappa shape index (κ2) is 3.98. The summed E-state index contributed by atoms with van der Waals surface area (Å²) < 4.78 is 0. The summed E-state index contributed by atoms with van der Waals surface area (Å²) in [6.45, 7) is 0. The van der Waals surface area contributed by atoms with Gasteiger partial charge in [0.2, 0.25) is 0 Å². The Labute approximate surface area is 88.3 Å². The molecule has 1 aliphatic rings. The standard InChI is InChI=1S/C11H14N2O2/c14-10(11(15)6-2-3-7-11)13-9-5-1-4-8-12-9/h1,4-5,8,15H,2-3,6-7H2,(H,12,13,14). The van der Waals surface area contributed by atoms with Crippen molar-refractivity contribution < 1.29 is 9.90 Å². The number of rotatable bonds is 2. The fraction of sp³-hybridized carbons (Fsp3) is 0.455. The van der Waals surface area contributed by atoms with Crippen molar-refractivity contribution in [3.8, 4) is 0 Å². The zero-order valence-corrected chi connectivity index (χ0v) is 8.44. The zero-order chi connectivity index (χ0) is 10.7. The summed E-state index contributed by atoms with van der Waals surface area (Å²) in [4.78, 5) is 15.7. The Hall–Kier alpha value is -1.42. The maximum Gasteiger partial charge on any atom is 0.257 e. The number of nitrogens with zero attached hydrogens (tertiary/aromatic N) is 1. The Balaban J connectivity index is 2.04. The number of nitrogens with one attached hydrogen (secondary N) is 1. The molecule has 2 N–H and O–H groups in total. The van der Waals surface area contributed by atoms with Crippen LogP contribution in [-0.2, 0) is 4.79 Å². The molecule has 15 heavy (non-hydrogen) atoms. The monoisotopic (exact) mass is 206 g/mol. The van der Waals surface area contributed by atoms with Gasteiger partial charge in [-0.05, 0) is 37.8 Å².